The van der Waals surface area contributed by atoms with Crippen LogP contribution in [-0.4, -0.2) is 23.3 Å². The summed E-state index contributed by atoms with van der Waals surface area (Å²) in [4.78, 5) is 3.97. The molecule has 2 rings (SSSR count). The van der Waals surface area contributed by atoms with Gasteiger partial charge in [0.15, 0.2) is 0 Å². The third-order valence-electron chi connectivity index (χ3n) is 3.79. The molecule has 0 N–H and O–H groups in total. The fraction of sp³-hybridized carbons (Fsp3) is 0.500. The van der Waals surface area contributed by atoms with E-state index in [2.05, 4.69) is 4.98 Å². The van der Waals surface area contributed by atoms with Crippen LogP contribution in [0.1, 0.15) is 38.8 Å². The van der Waals surface area contributed by atoms with Gasteiger partial charge < -0.3 is 9.31 Å². The monoisotopic (exact) mass is 263 g/mol. The standard InChI is InChI=1S/C14H19BFNO2/c1-10-8-17-9-11(12(10)16)6-7-15-18-13(2,3)14(4,5)19-15/h6-9H,1-5H3/b7-6+. The molecule has 5 heteroatoms. The van der Waals surface area contributed by atoms with E-state index in [0.29, 0.717) is 11.1 Å². The van der Waals surface area contributed by atoms with E-state index < -0.39 is 7.12 Å². The molecule has 0 atom stereocenters. The first-order chi connectivity index (χ1) is 8.73. The lowest BCUT2D eigenvalue weighted by molar-refractivity contribution is 0.00578. The summed E-state index contributed by atoms with van der Waals surface area (Å²) in [7, 11) is -0.468. The van der Waals surface area contributed by atoms with Crippen LogP contribution in [0.4, 0.5) is 4.39 Å². The first-order valence-electron chi connectivity index (χ1n) is 6.37. The SMILES string of the molecule is Cc1cncc(/C=C/B2OC(C)(C)C(C)(C)O2)c1F. The quantitative estimate of drug-likeness (QED) is 0.768. The molecule has 1 aromatic rings. The van der Waals surface area contributed by atoms with E-state index in [0.717, 1.165) is 0 Å². The summed E-state index contributed by atoms with van der Waals surface area (Å²) >= 11 is 0. The lowest BCUT2D eigenvalue weighted by atomic mass is 9.89. The highest BCUT2D eigenvalue weighted by Gasteiger charge is 2.49. The van der Waals surface area contributed by atoms with Crippen LogP contribution >= 0.6 is 0 Å². The zero-order chi connectivity index (χ0) is 14.3. The van der Waals surface area contributed by atoms with Gasteiger partial charge >= 0.3 is 7.12 Å². The van der Waals surface area contributed by atoms with Gasteiger partial charge in [0.2, 0.25) is 0 Å². The van der Waals surface area contributed by atoms with Gasteiger partial charge in [-0.3, -0.25) is 4.98 Å². The van der Waals surface area contributed by atoms with Crippen LogP contribution in [0, 0.1) is 12.7 Å². The predicted octanol–water partition coefficient (Wildman–Crippen LogP) is 3.17. The number of halogens is 1. The second-order valence-corrected chi connectivity index (χ2v) is 5.84. The highest BCUT2D eigenvalue weighted by molar-refractivity contribution is 6.52. The minimum atomic E-state index is -0.468. The van der Waals surface area contributed by atoms with Crippen LogP contribution in [0.25, 0.3) is 6.08 Å². The molecule has 0 amide bonds. The third-order valence-corrected chi connectivity index (χ3v) is 3.79. The van der Waals surface area contributed by atoms with Crippen molar-refractivity contribution in [2.75, 3.05) is 0 Å². The molecule has 1 aliphatic heterocycles. The molecule has 1 saturated heterocycles. The molecular weight excluding hydrogens is 244 g/mol. The van der Waals surface area contributed by atoms with Gasteiger partial charge in [0.05, 0.1) is 11.2 Å². The number of hydrogen-bond donors (Lipinski definition) is 0. The van der Waals surface area contributed by atoms with Gasteiger partial charge in [-0.2, -0.15) is 0 Å². The van der Waals surface area contributed by atoms with E-state index in [1.54, 1.807) is 19.0 Å². The van der Waals surface area contributed by atoms with Crippen LogP contribution in [0.3, 0.4) is 0 Å². The van der Waals surface area contributed by atoms with Gasteiger partial charge in [0.1, 0.15) is 5.82 Å². The third kappa shape index (κ3) is 2.72. The Balaban J connectivity index is 2.15. The number of hydrogen-bond acceptors (Lipinski definition) is 3. The fourth-order valence-corrected chi connectivity index (χ4v) is 1.84. The molecule has 0 radical (unpaired) electrons. The van der Waals surface area contributed by atoms with Crippen molar-refractivity contribution in [2.24, 2.45) is 0 Å². The molecule has 102 valence electrons. The largest absolute Gasteiger partial charge is 0.487 e. The van der Waals surface area contributed by atoms with Crippen LogP contribution in [0.2, 0.25) is 0 Å². The summed E-state index contributed by atoms with van der Waals surface area (Å²) in [5, 5.41) is 0. The number of aryl methyl sites for hydroxylation is 1. The first-order valence-corrected chi connectivity index (χ1v) is 6.37. The van der Waals surface area contributed by atoms with Crippen molar-refractivity contribution in [1.82, 2.24) is 4.98 Å². The summed E-state index contributed by atoms with van der Waals surface area (Å²) in [6.45, 7) is 9.62. The van der Waals surface area contributed by atoms with Gasteiger partial charge in [-0.05, 0) is 34.6 Å². The second kappa shape index (κ2) is 4.73. The highest BCUT2D eigenvalue weighted by Crippen LogP contribution is 2.37. The van der Waals surface area contributed by atoms with Gasteiger partial charge in [-0.15, -0.1) is 0 Å². The van der Waals surface area contributed by atoms with Gasteiger partial charge in [-0.25, -0.2) is 4.39 Å². The van der Waals surface area contributed by atoms with E-state index in [9.17, 15) is 4.39 Å². The molecule has 0 unspecified atom stereocenters. The van der Waals surface area contributed by atoms with Crippen molar-refractivity contribution in [3.05, 3.63) is 35.3 Å². The zero-order valence-corrected chi connectivity index (χ0v) is 12.0. The molecular formula is C14H19BFNO2. The Labute approximate surface area is 114 Å². The molecule has 19 heavy (non-hydrogen) atoms. The number of aromatic nitrogens is 1. The van der Waals surface area contributed by atoms with Crippen molar-refractivity contribution in [2.45, 2.75) is 45.8 Å². The Morgan fingerprint density at radius 1 is 1.16 bits per heavy atom. The van der Waals surface area contributed by atoms with Crippen molar-refractivity contribution < 1.29 is 13.7 Å². The molecule has 0 aliphatic carbocycles. The molecule has 1 aliphatic rings. The topological polar surface area (TPSA) is 31.4 Å². The fourth-order valence-electron chi connectivity index (χ4n) is 1.84. The normalized spacial score (nSPS) is 21.3. The van der Waals surface area contributed by atoms with E-state index in [1.165, 1.54) is 12.4 Å². The van der Waals surface area contributed by atoms with Crippen molar-refractivity contribution >= 4 is 13.2 Å². The second-order valence-electron chi connectivity index (χ2n) is 5.84. The van der Waals surface area contributed by atoms with Gasteiger partial charge in [0, 0.05) is 23.5 Å². The van der Waals surface area contributed by atoms with Crippen molar-refractivity contribution in [1.29, 1.82) is 0 Å². The summed E-state index contributed by atoms with van der Waals surface area (Å²) in [6.07, 6.45) is 4.64. The van der Waals surface area contributed by atoms with Crippen molar-refractivity contribution in [3.8, 4) is 0 Å². The predicted molar refractivity (Wildman–Crippen MR) is 74.0 cm³/mol. The minimum Gasteiger partial charge on any atom is -0.400 e. The minimum absolute atomic E-state index is 0.261. The number of pyridine rings is 1. The lowest BCUT2D eigenvalue weighted by Gasteiger charge is -2.32. The Hall–Kier alpha value is -1.20. The molecule has 0 spiro atoms. The first kappa shape index (κ1) is 14.2. The van der Waals surface area contributed by atoms with Crippen LogP contribution in [-0.2, 0) is 9.31 Å². The highest BCUT2D eigenvalue weighted by atomic mass is 19.1. The Morgan fingerprint density at radius 2 is 1.74 bits per heavy atom. The van der Waals surface area contributed by atoms with Gasteiger partial charge in [-0.1, -0.05) is 12.1 Å². The van der Waals surface area contributed by atoms with E-state index in [4.69, 9.17) is 9.31 Å². The van der Waals surface area contributed by atoms with Crippen LogP contribution in [0.15, 0.2) is 18.4 Å². The molecule has 0 aromatic carbocycles. The van der Waals surface area contributed by atoms with E-state index in [1.807, 2.05) is 27.7 Å². The molecule has 3 nitrogen and oxygen atoms in total. The Bertz CT molecular complexity index is 498. The average molecular weight is 263 g/mol. The molecule has 0 bridgehead atoms. The summed E-state index contributed by atoms with van der Waals surface area (Å²) in [5.41, 5.74) is 0.197. The van der Waals surface area contributed by atoms with E-state index in [-0.39, 0.29) is 17.0 Å². The maximum absolute atomic E-state index is 13.8. The lowest BCUT2D eigenvalue weighted by Crippen LogP contribution is -2.41. The maximum atomic E-state index is 13.8. The molecule has 1 aromatic heterocycles. The van der Waals surface area contributed by atoms with Gasteiger partial charge in [0.25, 0.3) is 0 Å². The number of rotatable bonds is 2. The summed E-state index contributed by atoms with van der Waals surface area (Å²) in [5.74, 6) is 1.46. The molecule has 1 fully saturated rings. The zero-order valence-electron chi connectivity index (χ0n) is 12.0. The van der Waals surface area contributed by atoms with E-state index >= 15 is 0 Å². The number of nitrogens with zero attached hydrogens (tertiary/aromatic N) is 1. The summed E-state index contributed by atoms with van der Waals surface area (Å²) < 4.78 is 25.4. The molecule has 0 saturated carbocycles. The van der Waals surface area contributed by atoms with Crippen LogP contribution < -0.4 is 0 Å². The Morgan fingerprint density at radius 3 is 2.32 bits per heavy atom. The molecule has 2 heterocycles. The van der Waals surface area contributed by atoms with Crippen molar-refractivity contribution in [3.63, 3.8) is 0 Å². The summed E-state index contributed by atoms with van der Waals surface area (Å²) in [6, 6.07) is 0. The maximum Gasteiger partial charge on any atom is 0.487 e. The Kier molecular flexibility index (Phi) is 3.54. The average Bonchev–Trinajstić information content (AvgIpc) is 2.50. The van der Waals surface area contributed by atoms with Crippen LogP contribution in [0.5, 0.6) is 0 Å². The smallest absolute Gasteiger partial charge is 0.400 e.